The van der Waals surface area contributed by atoms with Gasteiger partial charge in [-0.25, -0.2) is 14.4 Å². The second kappa shape index (κ2) is 7.14. The van der Waals surface area contributed by atoms with E-state index in [9.17, 15) is 14.0 Å². The van der Waals surface area contributed by atoms with E-state index in [0.29, 0.717) is 13.1 Å². The van der Waals surface area contributed by atoms with Gasteiger partial charge in [0.05, 0.1) is 11.3 Å². The number of nitrogens with zero attached hydrogens (tertiary/aromatic N) is 3. The molecule has 2 aromatic heterocycles. The van der Waals surface area contributed by atoms with E-state index >= 15 is 0 Å². The molecule has 0 fully saturated rings. The monoisotopic (exact) mass is 398 g/mol. The van der Waals surface area contributed by atoms with Crippen molar-refractivity contribution in [3.05, 3.63) is 45.4 Å². The largest absolute Gasteiger partial charge is 0.432 e. The maximum Gasteiger partial charge on any atom is 0.231 e. The van der Waals surface area contributed by atoms with E-state index in [-0.39, 0.29) is 33.8 Å². The molecule has 0 bridgehead atoms. The number of rotatable bonds is 5. The lowest BCUT2D eigenvalue weighted by Crippen LogP contribution is -2.31. The molecule has 1 aliphatic carbocycles. The fraction of sp³-hybridized carbons (Fsp3) is 0.250. The van der Waals surface area contributed by atoms with E-state index in [2.05, 4.69) is 15.3 Å². The lowest BCUT2D eigenvalue weighted by molar-refractivity contribution is 0.0960. The molecule has 7 nitrogen and oxygen atoms in total. The number of ketones is 2. The predicted octanol–water partition coefficient (Wildman–Crippen LogP) is 2.60. The molecule has 0 spiro atoms. The zero-order valence-electron chi connectivity index (χ0n) is 13.8. The molecule has 2 aromatic rings. The first-order valence-corrected chi connectivity index (χ1v) is 8.25. The van der Waals surface area contributed by atoms with Gasteiger partial charge in [0.1, 0.15) is 5.15 Å². The third-order valence-corrected chi connectivity index (χ3v) is 4.13. The standard InChI is InChI=1S/C16H13Cl2FN4O3/c1-23(2)4-3-20-9-6-10(24)13-11(12(9)25)21-16(26-13)7-5-8(19)15(18)22-14(7)17/h5-6,20H,3-4H2,1-2H3. The Bertz CT molecular complexity index is 940. The molecule has 0 aliphatic heterocycles. The number of halogens is 3. The van der Waals surface area contributed by atoms with Gasteiger partial charge in [0.2, 0.25) is 23.2 Å². The van der Waals surface area contributed by atoms with Gasteiger partial charge in [-0.05, 0) is 20.2 Å². The highest BCUT2D eigenvalue weighted by atomic mass is 35.5. The lowest BCUT2D eigenvalue weighted by atomic mass is 10.0. The average molecular weight is 399 g/mol. The number of nitrogens with one attached hydrogen (secondary N) is 1. The number of carbonyl (C=O) groups is 2. The summed E-state index contributed by atoms with van der Waals surface area (Å²) in [6, 6.07) is 0.980. The van der Waals surface area contributed by atoms with Gasteiger partial charge in [0.15, 0.2) is 16.7 Å². The molecule has 0 aromatic carbocycles. The van der Waals surface area contributed by atoms with E-state index in [1.807, 2.05) is 19.0 Å². The van der Waals surface area contributed by atoms with Crippen LogP contribution in [0.25, 0.3) is 11.5 Å². The molecule has 0 atom stereocenters. The molecule has 3 rings (SSSR count). The van der Waals surface area contributed by atoms with Crippen LogP contribution in [0, 0.1) is 5.82 Å². The number of Topliss-reactive ketones (excluding diaryl/α,β-unsaturated/α-hetero) is 1. The van der Waals surface area contributed by atoms with E-state index in [4.69, 9.17) is 27.6 Å². The Kier molecular flexibility index (Phi) is 5.08. The Morgan fingerprint density at radius 2 is 1.96 bits per heavy atom. The Hall–Kier alpha value is -2.29. The molecule has 10 heteroatoms. The Balaban J connectivity index is 1.92. The quantitative estimate of drug-likeness (QED) is 0.774. The van der Waals surface area contributed by atoms with E-state index in [0.717, 1.165) is 12.1 Å². The molecule has 0 saturated heterocycles. The second-order valence-electron chi connectivity index (χ2n) is 5.78. The summed E-state index contributed by atoms with van der Waals surface area (Å²) in [5.74, 6) is -2.26. The molecule has 0 unspecified atom stereocenters. The molecule has 0 amide bonds. The molecular weight excluding hydrogens is 386 g/mol. The van der Waals surface area contributed by atoms with E-state index in [1.165, 1.54) is 0 Å². The Morgan fingerprint density at radius 1 is 1.23 bits per heavy atom. The van der Waals surface area contributed by atoms with Crippen LogP contribution in [0.2, 0.25) is 10.3 Å². The van der Waals surface area contributed by atoms with Crippen molar-refractivity contribution in [2.24, 2.45) is 0 Å². The molecular formula is C16H13Cl2FN4O3. The maximum absolute atomic E-state index is 13.7. The zero-order chi connectivity index (χ0) is 19.0. The van der Waals surface area contributed by atoms with Crippen molar-refractivity contribution in [1.82, 2.24) is 20.2 Å². The normalized spacial score (nSPS) is 13.8. The lowest BCUT2D eigenvalue weighted by Gasteiger charge is -2.14. The topological polar surface area (TPSA) is 88.3 Å². The summed E-state index contributed by atoms with van der Waals surface area (Å²) in [4.78, 5) is 34.3. The molecule has 0 saturated carbocycles. The Morgan fingerprint density at radius 3 is 2.65 bits per heavy atom. The van der Waals surface area contributed by atoms with Gasteiger partial charge in [0.25, 0.3) is 0 Å². The van der Waals surface area contributed by atoms with Gasteiger partial charge in [-0.15, -0.1) is 0 Å². The number of hydrogen-bond acceptors (Lipinski definition) is 7. The number of fused-ring (bicyclic) bond motifs is 1. The Labute approximate surface area is 157 Å². The van der Waals surface area contributed by atoms with Gasteiger partial charge >= 0.3 is 0 Å². The number of allylic oxidation sites excluding steroid dienone is 2. The van der Waals surface area contributed by atoms with Crippen molar-refractivity contribution in [2.45, 2.75) is 0 Å². The number of hydrogen-bond donors (Lipinski definition) is 1. The van der Waals surface area contributed by atoms with Gasteiger partial charge in [-0.2, -0.15) is 0 Å². The summed E-state index contributed by atoms with van der Waals surface area (Å²) in [5, 5.41) is 2.34. The molecule has 136 valence electrons. The number of oxazole rings is 1. The summed E-state index contributed by atoms with van der Waals surface area (Å²) < 4.78 is 19.0. The minimum absolute atomic E-state index is 0.00863. The van der Waals surface area contributed by atoms with Crippen LogP contribution in [-0.2, 0) is 0 Å². The van der Waals surface area contributed by atoms with Crippen LogP contribution in [-0.4, -0.2) is 53.6 Å². The van der Waals surface area contributed by atoms with Crippen LogP contribution in [0.3, 0.4) is 0 Å². The summed E-state index contributed by atoms with van der Waals surface area (Å²) in [5.41, 5.74) is -0.0485. The smallest absolute Gasteiger partial charge is 0.231 e. The first kappa shape index (κ1) is 18.5. The van der Waals surface area contributed by atoms with Gasteiger partial charge in [0, 0.05) is 19.2 Å². The number of carbonyl (C=O) groups excluding carboxylic acids is 2. The zero-order valence-corrected chi connectivity index (χ0v) is 15.3. The van der Waals surface area contributed by atoms with Crippen molar-refractivity contribution in [3.8, 4) is 11.5 Å². The minimum Gasteiger partial charge on any atom is -0.432 e. The average Bonchev–Trinajstić information content (AvgIpc) is 3.01. The van der Waals surface area contributed by atoms with Crippen LogP contribution in [0.15, 0.2) is 22.3 Å². The summed E-state index contributed by atoms with van der Waals surface area (Å²) in [7, 11) is 3.77. The minimum atomic E-state index is -0.830. The fourth-order valence-corrected chi connectivity index (χ4v) is 2.69. The first-order chi connectivity index (χ1) is 12.3. The number of likely N-dealkylation sites (N-methyl/N-ethyl adjacent to an activating group) is 1. The third-order valence-electron chi connectivity index (χ3n) is 3.58. The molecule has 2 heterocycles. The van der Waals surface area contributed by atoms with Crippen LogP contribution in [0.4, 0.5) is 4.39 Å². The molecule has 26 heavy (non-hydrogen) atoms. The summed E-state index contributed by atoms with van der Waals surface area (Å²) in [6.45, 7) is 1.14. The van der Waals surface area contributed by atoms with E-state index in [1.54, 1.807) is 0 Å². The highest BCUT2D eigenvalue weighted by Gasteiger charge is 2.32. The van der Waals surface area contributed by atoms with Crippen molar-refractivity contribution in [3.63, 3.8) is 0 Å². The van der Waals surface area contributed by atoms with Crippen molar-refractivity contribution in [1.29, 1.82) is 0 Å². The number of aromatic nitrogens is 2. The van der Waals surface area contributed by atoms with Crippen LogP contribution in [0.5, 0.6) is 0 Å². The predicted molar refractivity (Wildman–Crippen MR) is 93.0 cm³/mol. The molecule has 1 N–H and O–H groups in total. The fourth-order valence-electron chi connectivity index (χ4n) is 2.29. The van der Waals surface area contributed by atoms with Crippen molar-refractivity contribution in [2.75, 3.05) is 27.2 Å². The summed E-state index contributed by atoms with van der Waals surface area (Å²) in [6.07, 6.45) is 1.15. The van der Waals surface area contributed by atoms with Gasteiger partial charge < -0.3 is 14.6 Å². The molecule has 0 radical (unpaired) electrons. The van der Waals surface area contributed by atoms with E-state index < -0.39 is 22.5 Å². The first-order valence-electron chi connectivity index (χ1n) is 7.50. The van der Waals surface area contributed by atoms with Crippen molar-refractivity contribution >= 4 is 34.8 Å². The third kappa shape index (κ3) is 3.48. The van der Waals surface area contributed by atoms with Crippen LogP contribution in [0.1, 0.15) is 21.0 Å². The van der Waals surface area contributed by atoms with Crippen LogP contribution < -0.4 is 5.32 Å². The SMILES string of the molecule is CN(C)CCNC1=CC(=O)c2oc(-c3cc(F)c(Cl)nc3Cl)nc2C1=O. The highest BCUT2D eigenvalue weighted by Crippen LogP contribution is 2.32. The second-order valence-corrected chi connectivity index (χ2v) is 6.49. The van der Waals surface area contributed by atoms with Gasteiger partial charge in [-0.3, -0.25) is 9.59 Å². The highest BCUT2D eigenvalue weighted by molar-refractivity contribution is 6.34. The molecule has 1 aliphatic rings. The summed E-state index contributed by atoms with van der Waals surface area (Å²) >= 11 is 11.5. The maximum atomic E-state index is 13.7. The van der Waals surface area contributed by atoms with Gasteiger partial charge in [-0.1, -0.05) is 23.2 Å². The van der Waals surface area contributed by atoms with Crippen LogP contribution >= 0.6 is 23.2 Å². The van der Waals surface area contributed by atoms with Crippen molar-refractivity contribution < 1.29 is 18.4 Å². The number of pyridine rings is 1.